The lowest BCUT2D eigenvalue weighted by Gasteiger charge is -2.18. The first kappa shape index (κ1) is 14.9. The summed E-state index contributed by atoms with van der Waals surface area (Å²) in [7, 11) is -3.82. The fourth-order valence-electron chi connectivity index (χ4n) is 0.905. The highest BCUT2D eigenvalue weighted by molar-refractivity contribution is 7.92. The van der Waals surface area contributed by atoms with E-state index in [1.54, 1.807) is 0 Å². The monoisotopic (exact) mass is 250 g/mol. The van der Waals surface area contributed by atoms with Gasteiger partial charge in [-0.15, -0.1) is 0 Å². The van der Waals surface area contributed by atoms with Crippen molar-refractivity contribution in [3.8, 4) is 0 Å². The Kier molecular flexibility index (Phi) is 6.75. The van der Waals surface area contributed by atoms with Gasteiger partial charge in [-0.05, 0) is 6.42 Å². The van der Waals surface area contributed by atoms with Crippen molar-refractivity contribution in [1.29, 1.82) is 0 Å². The number of hydrogen-bond acceptors (Lipinski definition) is 5. The van der Waals surface area contributed by atoms with Gasteiger partial charge in [-0.25, -0.2) is 13.2 Å². The van der Waals surface area contributed by atoms with Crippen LogP contribution in [-0.2, 0) is 14.8 Å². The third-order valence-electron chi connectivity index (χ3n) is 1.78. The Morgan fingerprint density at radius 1 is 1.56 bits per heavy atom. The Morgan fingerprint density at radius 2 is 2.19 bits per heavy atom. The Labute approximate surface area is 96.1 Å². The van der Waals surface area contributed by atoms with Gasteiger partial charge in [-0.2, -0.15) is 4.31 Å². The first-order chi connectivity index (χ1) is 7.49. The number of ether oxygens (including phenoxy) is 1. The van der Waals surface area contributed by atoms with E-state index in [-0.39, 0.29) is 19.7 Å². The number of rotatable bonds is 7. The average Bonchev–Trinajstić information content (AvgIpc) is 2.25. The highest BCUT2D eigenvalue weighted by Crippen LogP contribution is 2.05. The van der Waals surface area contributed by atoms with Crippen LogP contribution in [0.1, 0.15) is 19.8 Å². The molecule has 1 amide bonds. The molecule has 6 nitrogen and oxygen atoms in total. The van der Waals surface area contributed by atoms with E-state index in [2.05, 4.69) is 6.58 Å². The SMILES string of the molecule is C=CS(=O)(=O)N(CCN)C(=O)OCCCC. The van der Waals surface area contributed by atoms with Crippen molar-refractivity contribution in [2.45, 2.75) is 19.8 Å². The predicted molar refractivity (Wildman–Crippen MR) is 61.1 cm³/mol. The van der Waals surface area contributed by atoms with Crippen molar-refractivity contribution < 1.29 is 17.9 Å². The van der Waals surface area contributed by atoms with Gasteiger partial charge >= 0.3 is 6.09 Å². The number of nitrogens with two attached hydrogens (primary N) is 1. The van der Waals surface area contributed by atoms with Crippen LogP contribution in [0.25, 0.3) is 0 Å². The standard InChI is InChI=1S/C9H18N2O4S/c1-3-5-8-15-9(12)11(7-6-10)16(13,14)4-2/h4H,2-3,5-8,10H2,1H3. The van der Waals surface area contributed by atoms with E-state index in [1.807, 2.05) is 6.92 Å². The molecule has 0 fully saturated rings. The first-order valence-electron chi connectivity index (χ1n) is 5.01. The molecule has 0 aliphatic rings. The number of carbonyl (C=O) groups is 1. The van der Waals surface area contributed by atoms with E-state index >= 15 is 0 Å². The smallest absolute Gasteiger partial charge is 0.423 e. The summed E-state index contributed by atoms with van der Waals surface area (Å²) in [5.41, 5.74) is 5.23. The number of carbonyl (C=O) groups excluding carboxylic acids is 1. The number of unbranched alkanes of at least 4 members (excludes halogenated alkanes) is 1. The van der Waals surface area contributed by atoms with E-state index in [1.165, 1.54) is 0 Å². The van der Waals surface area contributed by atoms with E-state index in [9.17, 15) is 13.2 Å². The Balaban J connectivity index is 4.54. The molecular weight excluding hydrogens is 232 g/mol. The summed E-state index contributed by atoms with van der Waals surface area (Å²) in [5.74, 6) is 0. The van der Waals surface area contributed by atoms with Crippen molar-refractivity contribution in [1.82, 2.24) is 4.31 Å². The van der Waals surface area contributed by atoms with Crippen molar-refractivity contribution in [2.24, 2.45) is 5.73 Å². The molecule has 94 valence electrons. The van der Waals surface area contributed by atoms with E-state index in [0.717, 1.165) is 6.42 Å². The van der Waals surface area contributed by atoms with Crippen molar-refractivity contribution in [2.75, 3.05) is 19.7 Å². The zero-order chi connectivity index (χ0) is 12.6. The van der Waals surface area contributed by atoms with Crippen LogP contribution in [0.15, 0.2) is 12.0 Å². The van der Waals surface area contributed by atoms with Gasteiger partial charge in [0.15, 0.2) is 0 Å². The van der Waals surface area contributed by atoms with E-state index < -0.39 is 16.1 Å². The minimum absolute atomic E-state index is 0.0376. The summed E-state index contributed by atoms with van der Waals surface area (Å²) < 4.78 is 28.2. The quantitative estimate of drug-likeness (QED) is 0.670. The fraction of sp³-hybridized carbons (Fsp3) is 0.667. The summed E-state index contributed by atoms with van der Waals surface area (Å²) in [6.07, 6.45) is 0.646. The number of amides is 1. The third kappa shape index (κ3) is 4.63. The fourth-order valence-corrected chi connectivity index (χ4v) is 1.71. The van der Waals surface area contributed by atoms with Crippen molar-refractivity contribution >= 4 is 16.1 Å². The van der Waals surface area contributed by atoms with Crippen molar-refractivity contribution in [3.05, 3.63) is 12.0 Å². The van der Waals surface area contributed by atoms with Crippen LogP contribution in [0, 0.1) is 0 Å². The van der Waals surface area contributed by atoms with Gasteiger partial charge < -0.3 is 10.5 Å². The number of hydrogen-bond donors (Lipinski definition) is 1. The molecule has 0 aromatic heterocycles. The van der Waals surface area contributed by atoms with Gasteiger partial charge in [0.25, 0.3) is 10.0 Å². The maximum Gasteiger partial charge on any atom is 0.423 e. The van der Waals surface area contributed by atoms with Gasteiger partial charge in [0.05, 0.1) is 13.2 Å². The van der Waals surface area contributed by atoms with Gasteiger partial charge in [0.2, 0.25) is 0 Å². The first-order valence-corrected chi connectivity index (χ1v) is 6.52. The highest BCUT2D eigenvalue weighted by Gasteiger charge is 2.25. The zero-order valence-electron chi connectivity index (χ0n) is 9.39. The number of sulfonamides is 1. The second-order valence-electron chi connectivity index (χ2n) is 3.04. The molecule has 0 rings (SSSR count). The second kappa shape index (κ2) is 7.24. The lowest BCUT2D eigenvalue weighted by molar-refractivity contribution is 0.125. The Bertz CT molecular complexity index is 326. The second-order valence-corrected chi connectivity index (χ2v) is 4.84. The van der Waals surface area contributed by atoms with Crippen LogP contribution in [0.5, 0.6) is 0 Å². The molecule has 0 spiro atoms. The topological polar surface area (TPSA) is 89.7 Å². The van der Waals surface area contributed by atoms with Gasteiger partial charge in [-0.3, -0.25) is 0 Å². The molecule has 0 saturated carbocycles. The van der Waals surface area contributed by atoms with Crippen LogP contribution < -0.4 is 5.73 Å². The minimum Gasteiger partial charge on any atom is -0.449 e. The Morgan fingerprint density at radius 3 is 2.62 bits per heavy atom. The molecule has 0 unspecified atom stereocenters. The molecular formula is C9H18N2O4S. The number of nitrogens with zero attached hydrogens (tertiary/aromatic N) is 1. The lowest BCUT2D eigenvalue weighted by atomic mass is 10.4. The Hall–Kier alpha value is -1.08. The van der Waals surface area contributed by atoms with E-state index in [4.69, 9.17) is 10.5 Å². The van der Waals surface area contributed by atoms with Crippen LogP contribution in [0.4, 0.5) is 4.79 Å². The summed E-state index contributed by atoms with van der Waals surface area (Å²) in [4.78, 5) is 11.4. The molecule has 2 N–H and O–H groups in total. The molecule has 0 aliphatic carbocycles. The molecule has 0 saturated heterocycles. The lowest BCUT2D eigenvalue weighted by Crippen LogP contribution is -2.39. The molecule has 7 heteroatoms. The average molecular weight is 250 g/mol. The highest BCUT2D eigenvalue weighted by atomic mass is 32.2. The molecule has 0 radical (unpaired) electrons. The maximum atomic E-state index is 11.4. The van der Waals surface area contributed by atoms with Crippen LogP contribution in [0.2, 0.25) is 0 Å². The third-order valence-corrected chi connectivity index (χ3v) is 3.14. The van der Waals surface area contributed by atoms with Gasteiger partial charge in [0.1, 0.15) is 0 Å². The molecule has 0 heterocycles. The summed E-state index contributed by atoms with van der Waals surface area (Å²) in [5, 5.41) is 0.698. The predicted octanol–water partition coefficient (Wildman–Crippen LogP) is 0.657. The zero-order valence-corrected chi connectivity index (χ0v) is 10.2. The van der Waals surface area contributed by atoms with Crippen LogP contribution >= 0.6 is 0 Å². The van der Waals surface area contributed by atoms with Crippen LogP contribution in [-0.4, -0.2) is 38.5 Å². The molecule has 0 aromatic rings. The normalized spacial score (nSPS) is 10.9. The molecule has 0 bridgehead atoms. The van der Waals surface area contributed by atoms with Crippen LogP contribution in [0.3, 0.4) is 0 Å². The van der Waals surface area contributed by atoms with Crippen molar-refractivity contribution in [3.63, 3.8) is 0 Å². The summed E-state index contributed by atoms with van der Waals surface area (Å²) in [6.45, 7) is 5.20. The summed E-state index contributed by atoms with van der Waals surface area (Å²) >= 11 is 0. The summed E-state index contributed by atoms with van der Waals surface area (Å²) in [6, 6.07) is 0. The molecule has 0 aliphatic heterocycles. The molecule has 0 aromatic carbocycles. The largest absolute Gasteiger partial charge is 0.449 e. The van der Waals surface area contributed by atoms with Gasteiger partial charge in [-0.1, -0.05) is 19.9 Å². The molecule has 0 atom stereocenters. The minimum atomic E-state index is -3.82. The van der Waals surface area contributed by atoms with Gasteiger partial charge in [0, 0.05) is 12.0 Å². The molecule has 16 heavy (non-hydrogen) atoms. The van der Waals surface area contributed by atoms with E-state index in [0.29, 0.717) is 16.1 Å². The maximum absolute atomic E-state index is 11.4.